The molecule has 0 aliphatic rings. The van der Waals surface area contributed by atoms with Crippen molar-refractivity contribution < 1.29 is 19.5 Å². The number of nitrogens with one attached hydrogen (secondary N) is 2. The molecule has 0 aromatic carbocycles. The lowest BCUT2D eigenvalue weighted by Gasteiger charge is -2.24. The van der Waals surface area contributed by atoms with E-state index in [1.165, 1.54) is 0 Å². The standard InChI is InChI=1S/C12H23N3O4/c1-4-9(3)8-15(5-2)12(19)14-6-10(16)13-7-11(17)18/h9H,4-8H2,1-3H3,(H,13,16)(H,14,19)(H,17,18). The fourth-order valence-corrected chi connectivity index (χ4v) is 1.37. The molecule has 0 aliphatic heterocycles. The Labute approximate surface area is 113 Å². The molecule has 0 heterocycles. The number of carbonyl (C=O) groups excluding carboxylic acids is 2. The third kappa shape index (κ3) is 8.01. The lowest BCUT2D eigenvalue weighted by molar-refractivity contribution is -0.137. The number of urea groups is 1. The Morgan fingerprint density at radius 2 is 1.79 bits per heavy atom. The molecule has 1 atom stereocenters. The van der Waals surface area contributed by atoms with Gasteiger partial charge >= 0.3 is 12.0 Å². The van der Waals surface area contributed by atoms with Crippen LogP contribution >= 0.6 is 0 Å². The Morgan fingerprint density at radius 1 is 1.16 bits per heavy atom. The van der Waals surface area contributed by atoms with Gasteiger partial charge in [0, 0.05) is 13.1 Å². The number of carboxylic acid groups (broad SMARTS) is 1. The number of hydrogen-bond acceptors (Lipinski definition) is 3. The van der Waals surface area contributed by atoms with Gasteiger partial charge in [-0.15, -0.1) is 0 Å². The first-order valence-electron chi connectivity index (χ1n) is 6.41. The molecule has 0 radical (unpaired) electrons. The quantitative estimate of drug-likeness (QED) is 0.591. The second-order valence-corrected chi connectivity index (χ2v) is 4.38. The Hall–Kier alpha value is -1.79. The summed E-state index contributed by atoms with van der Waals surface area (Å²) in [6, 6.07) is -0.312. The van der Waals surface area contributed by atoms with Crippen LogP contribution in [0.5, 0.6) is 0 Å². The SMILES string of the molecule is CCC(C)CN(CC)C(=O)NCC(=O)NCC(=O)O. The molecule has 3 amide bonds. The summed E-state index contributed by atoms with van der Waals surface area (Å²) in [7, 11) is 0. The molecule has 0 rings (SSSR count). The van der Waals surface area contributed by atoms with Gasteiger partial charge in [-0.1, -0.05) is 20.3 Å². The van der Waals surface area contributed by atoms with Crippen LogP contribution in [0.25, 0.3) is 0 Å². The summed E-state index contributed by atoms with van der Waals surface area (Å²) in [5.41, 5.74) is 0. The predicted molar refractivity (Wildman–Crippen MR) is 70.7 cm³/mol. The Morgan fingerprint density at radius 3 is 2.26 bits per heavy atom. The number of hydrogen-bond donors (Lipinski definition) is 3. The van der Waals surface area contributed by atoms with Crippen LogP contribution in [-0.2, 0) is 9.59 Å². The molecule has 1 unspecified atom stereocenters. The number of amides is 3. The monoisotopic (exact) mass is 273 g/mol. The van der Waals surface area contributed by atoms with E-state index in [9.17, 15) is 14.4 Å². The molecule has 7 nitrogen and oxygen atoms in total. The van der Waals surface area contributed by atoms with Crippen molar-refractivity contribution in [1.82, 2.24) is 15.5 Å². The minimum Gasteiger partial charge on any atom is -0.480 e. The van der Waals surface area contributed by atoms with Gasteiger partial charge in [0.25, 0.3) is 0 Å². The van der Waals surface area contributed by atoms with Crippen LogP contribution in [0.4, 0.5) is 4.79 Å². The molecule has 19 heavy (non-hydrogen) atoms. The normalized spacial score (nSPS) is 11.5. The zero-order chi connectivity index (χ0) is 14.8. The van der Waals surface area contributed by atoms with E-state index in [0.717, 1.165) is 6.42 Å². The molecule has 0 saturated heterocycles. The first kappa shape index (κ1) is 17.2. The molecule has 0 aromatic rings. The molecule has 3 N–H and O–H groups in total. The van der Waals surface area contributed by atoms with Crippen LogP contribution in [-0.4, -0.2) is 54.1 Å². The topological polar surface area (TPSA) is 98.7 Å². The fraction of sp³-hybridized carbons (Fsp3) is 0.750. The molecule has 7 heteroatoms. The van der Waals surface area contributed by atoms with Crippen molar-refractivity contribution in [2.45, 2.75) is 27.2 Å². The van der Waals surface area contributed by atoms with Crippen LogP contribution in [0.3, 0.4) is 0 Å². The van der Waals surface area contributed by atoms with Gasteiger partial charge in [0.2, 0.25) is 5.91 Å². The maximum absolute atomic E-state index is 11.8. The Bertz CT molecular complexity index is 320. The minimum absolute atomic E-state index is 0.219. The van der Waals surface area contributed by atoms with Crippen LogP contribution in [0.2, 0.25) is 0 Å². The average Bonchev–Trinajstić information content (AvgIpc) is 2.39. The van der Waals surface area contributed by atoms with Gasteiger partial charge < -0.3 is 20.6 Å². The van der Waals surface area contributed by atoms with Gasteiger partial charge in [-0.2, -0.15) is 0 Å². The first-order chi connectivity index (χ1) is 8.90. The molecule has 0 fully saturated rings. The molecule has 0 aliphatic carbocycles. The van der Waals surface area contributed by atoms with E-state index in [2.05, 4.69) is 24.5 Å². The molecular weight excluding hydrogens is 250 g/mol. The Balaban J connectivity index is 4.06. The zero-order valence-electron chi connectivity index (χ0n) is 11.7. The van der Waals surface area contributed by atoms with Crippen molar-refractivity contribution in [3.05, 3.63) is 0 Å². The minimum atomic E-state index is -1.12. The van der Waals surface area contributed by atoms with E-state index < -0.39 is 18.4 Å². The van der Waals surface area contributed by atoms with E-state index >= 15 is 0 Å². The molecule has 0 aromatic heterocycles. The van der Waals surface area contributed by atoms with Gasteiger partial charge in [0.15, 0.2) is 0 Å². The van der Waals surface area contributed by atoms with E-state index in [0.29, 0.717) is 19.0 Å². The smallest absolute Gasteiger partial charge is 0.322 e. The molecule has 0 saturated carbocycles. The third-order valence-corrected chi connectivity index (χ3v) is 2.73. The van der Waals surface area contributed by atoms with Crippen molar-refractivity contribution in [3.63, 3.8) is 0 Å². The van der Waals surface area contributed by atoms with Gasteiger partial charge in [0.05, 0.1) is 6.54 Å². The van der Waals surface area contributed by atoms with E-state index in [-0.39, 0.29) is 12.6 Å². The van der Waals surface area contributed by atoms with E-state index in [1.54, 1.807) is 4.90 Å². The molecule has 0 bridgehead atoms. The highest BCUT2D eigenvalue weighted by molar-refractivity contribution is 5.86. The first-order valence-corrected chi connectivity index (χ1v) is 6.41. The van der Waals surface area contributed by atoms with Crippen molar-refractivity contribution >= 4 is 17.9 Å². The van der Waals surface area contributed by atoms with Crippen molar-refractivity contribution in [3.8, 4) is 0 Å². The zero-order valence-corrected chi connectivity index (χ0v) is 11.7. The van der Waals surface area contributed by atoms with Gasteiger partial charge in [-0.25, -0.2) is 4.79 Å². The molecule has 0 spiro atoms. The largest absolute Gasteiger partial charge is 0.480 e. The molecular formula is C12H23N3O4. The second kappa shape index (κ2) is 9.18. The summed E-state index contributed by atoms with van der Waals surface area (Å²) in [4.78, 5) is 34.9. The van der Waals surface area contributed by atoms with E-state index in [1.807, 2.05) is 6.92 Å². The number of aliphatic carboxylic acids is 1. The number of carboxylic acids is 1. The number of rotatable bonds is 8. The average molecular weight is 273 g/mol. The highest BCUT2D eigenvalue weighted by Crippen LogP contribution is 2.03. The second-order valence-electron chi connectivity index (χ2n) is 4.38. The fourth-order valence-electron chi connectivity index (χ4n) is 1.37. The maximum Gasteiger partial charge on any atom is 0.322 e. The van der Waals surface area contributed by atoms with Crippen LogP contribution in [0.1, 0.15) is 27.2 Å². The molecule has 110 valence electrons. The highest BCUT2D eigenvalue weighted by Gasteiger charge is 2.14. The van der Waals surface area contributed by atoms with Gasteiger partial charge in [0.1, 0.15) is 6.54 Å². The number of carbonyl (C=O) groups is 3. The summed E-state index contributed by atoms with van der Waals surface area (Å²) in [6.07, 6.45) is 0.975. The summed E-state index contributed by atoms with van der Waals surface area (Å²) in [6.45, 7) is 6.50. The summed E-state index contributed by atoms with van der Waals surface area (Å²) >= 11 is 0. The van der Waals surface area contributed by atoms with Gasteiger partial charge in [-0.05, 0) is 12.8 Å². The summed E-state index contributed by atoms with van der Waals surface area (Å²) in [5, 5.41) is 13.0. The highest BCUT2D eigenvalue weighted by atomic mass is 16.4. The van der Waals surface area contributed by atoms with Crippen molar-refractivity contribution in [2.75, 3.05) is 26.2 Å². The van der Waals surface area contributed by atoms with Crippen LogP contribution in [0.15, 0.2) is 0 Å². The maximum atomic E-state index is 11.8. The predicted octanol–water partition coefficient (Wildman–Crippen LogP) is 0.265. The van der Waals surface area contributed by atoms with E-state index in [4.69, 9.17) is 5.11 Å². The number of nitrogens with zero attached hydrogens (tertiary/aromatic N) is 1. The third-order valence-electron chi connectivity index (χ3n) is 2.73. The lowest BCUT2D eigenvalue weighted by atomic mass is 10.1. The van der Waals surface area contributed by atoms with Crippen molar-refractivity contribution in [1.29, 1.82) is 0 Å². The lowest BCUT2D eigenvalue weighted by Crippen LogP contribution is -2.46. The van der Waals surface area contributed by atoms with Crippen LogP contribution in [0, 0.1) is 5.92 Å². The Kier molecular flexibility index (Phi) is 8.32. The van der Waals surface area contributed by atoms with Gasteiger partial charge in [-0.3, -0.25) is 9.59 Å². The van der Waals surface area contributed by atoms with Crippen LogP contribution < -0.4 is 10.6 Å². The van der Waals surface area contributed by atoms with Crippen molar-refractivity contribution in [2.24, 2.45) is 5.92 Å². The summed E-state index contributed by atoms with van der Waals surface area (Å²) < 4.78 is 0. The summed E-state index contributed by atoms with van der Waals surface area (Å²) in [5.74, 6) is -1.24.